The van der Waals surface area contributed by atoms with Crippen molar-refractivity contribution >= 4 is 29.5 Å². The van der Waals surface area contributed by atoms with Crippen molar-refractivity contribution in [1.29, 1.82) is 0 Å². The van der Waals surface area contributed by atoms with Crippen molar-refractivity contribution in [2.24, 2.45) is 5.10 Å². The molecule has 0 aliphatic rings. The number of benzene rings is 2. The summed E-state index contributed by atoms with van der Waals surface area (Å²) in [6.45, 7) is 2.45. The standard InChI is InChI=1S/C17H18ClN3O3/c1-3-24-15-8-7-12(9-16(15)23-2)11-19-21-17(22)20-14-6-4-5-13(18)10-14/h4-11H,3H2,1-2H3,(H2,20,21,22)/b19-11-. The van der Waals surface area contributed by atoms with Crippen LogP contribution in [0.4, 0.5) is 10.5 Å². The molecule has 0 aliphatic heterocycles. The molecule has 0 aromatic heterocycles. The van der Waals surface area contributed by atoms with E-state index >= 15 is 0 Å². The molecular weight excluding hydrogens is 330 g/mol. The first-order valence-corrected chi connectivity index (χ1v) is 7.66. The molecule has 7 heteroatoms. The summed E-state index contributed by atoms with van der Waals surface area (Å²) in [5, 5.41) is 7.06. The van der Waals surface area contributed by atoms with Crippen molar-refractivity contribution in [3.63, 3.8) is 0 Å². The summed E-state index contributed by atoms with van der Waals surface area (Å²) in [5.74, 6) is 1.26. The second kappa shape index (κ2) is 8.79. The van der Waals surface area contributed by atoms with E-state index in [-0.39, 0.29) is 0 Å². The summed E-state index contributed by atoms with van der Waals surface area (Å²) in [6.07, 6.45) is 1.51. The fraction of sp³-hybridized carbons (Fsp3) is 0.176. The summed E-state index contributed by atoms with van der Waals surface area (Å²) in [5.41, 5.74) is 3.72. The molecule has 0 fully saturated rings. The van der Waals surface area contributed by atoms with E-state index < -0.39 is 6.03 Å². The number of nitrogens with zero attached hydrogens (tertiary/aromatic N) is 1. The predicted octanol–water partition coefficient (Wildman–Crippen LogP) is 3.90. The van der Waals surface area contributed by atoms with E-state index in [0.29, 0.717) is 28.8 Å². The van der Waals surface area contributed by atoms with Gasteiger partial charge in [-0.15, -0.1) is 0 Å². The van der Waals surface area contributed by atoms with Gasteiger partial charge in [0, 0.05) is 10.7 Å². The van der Waals surface area contributed by atoms with Crippen LogP contribution in [-0.2, 0) is 0 Å². The Morgan fingerprint density at radius 1 is 1.25 bits per heavy atom. The Hall–Kier alpha value is -2.73. The van der Waals surface area contributed by atoms with Gasteiger partial charge in [0.25, 0.3) is 0 Å². The lowest BCUT2D eigenvalue weighted by Crippen LogP contribution is -2.24. The van der Waals surface area contributed by atoms with Crippen LogP contribution < -0.4 is 20.2 Å². The van der Waals surface area contributed by atoms with E-state index in [1.165, 1.54) is 6.21 Å². The molecule has 0 atom stereocenters. The summed E-state index contributed by atoms with van der Waals surface area (Å²) in [6, 6.07) is 11.7. The number of rotatable bonds is 6. The fourth-order valence-electron chi connectivity index (χ4n) is 1.93. The molecule has 6 nitrogen and oxygen atoms in total. The molecule has 0 aliphatic carbocycles. The Bertz CT molecular complexity index is 735. The number of urea groups is 1. The van der Waals surface area contributed by atoms with Gasteiger partial charge in [-0.2, -0.15) is 5.10 Å². The highest BCUT2D eigenvalue weighted by atomic mass is 35.5. The van der Waals surface area contributed by atoms with Gasteiger partial charge in [0.1, 0.15) is 0 Å². The monoisotopic (exact) mass is 347 g/mol. The quantitative estimate of drug-likeness (QED) is 0.615. The van der Waals surface area contributed by atoms with Gasteiger partial charge in [0.2, 0.25) is 0 Å². The number of ether oxygens (including phenoxy) is 2. The lowest BCUT2D eigenvalue weighted by atomic mass is 10.2. The van der Waals surface area contributed by atoms with Gasteiger partial charge >= 0.3 is 6.03 Å². The predicted molar refractivity (Wildman–Crippen MR) is 95.4 cm³/mol. The average Bonchev–Trinajstić information content (AvgIpc) is 2.56. The Kier molecular flexibility index (Phi) is 6.45. The maximum atomic E-state index is 11.8. The first-order valence-electron chi connectivity index (χ1n) is 7.29. The third-order valence-corrected chi connectivity index (χ3v) is 3.18. The minimum Gasteiger partial charge on any atom is -0.493 e. The van der Waals surface area contributed by atoms with Gasteiger partial charge in [-0.3, -0.25) is 0 Å². The number of halogens is 1. The zero-order chi connectivity index (χ0) is 17.4. The van der Waals surface area contributed by atoms with E-state index in [4.69, 9.17) is 21.1 Å². The van der Waals surface area contributed by atoms with E-state index in [0.717, 1.165) is 5.56 Å². The second-order valence-corrected chi connectivity index (χ2v) is 5.11. The summed E-state index contributed by atoms with van der Waals surface area (Å²) < 4.78 is 10.7. The van der Waals surface area contributed by atoms with E-state index in [2.05, 4.69) is 15.8 Å². The number of anilines is 1. The molecule has 126 valence electrons. The van der Waals surface area contributed by atoms with Crippen LogP contribution in [0.1, 0.15) is 12.5 Å². The molecule has 0 saturated heterocycles. The molecule has 2 aromatic carbocycles. The summed E-state index contributed by atoms with van der Waals surface area (Å²) in [4.78, 5) is 11.8. The maximum Gasteiger partial charge on any atom is 0.339 e. The van der Waals surface area contributed by atoms with Gasteiger partial charge in [0.05, 0.1) is 19.9 Å². The van der Waals surface area contributed by atoms with Crippen LogP contribution in [0.2, 0.25) is 5.02 Å². The number of hydrogen-bond donors (Lipinski definition) is 2. The average molecular weight is 348 g/mol. The van der Waals surface area contributed by atoms with E-state index in [1.807, 2.05) is 13.0 Å². The number of nitrogens with one attached hydrogen (secondary N) is 2. The Morgan fingerprint density at radius 3 is 2.79 bits per heavy atom. The first-order chi connectivity index (χ1) is 11.6. The fourth-order valence-corrected chi connectivity index (χ4v) is 2.12. The van der Waals surface area contributed by atoms with Gasteiger partial charge in [-0.25, -0.2) is 10.2 Å². The number of hydrogen-bond acceptors (Lipinski definition) is 4. The Labute approximate surface area is 145 Å². The van der Waals surface area contributed by atoms with Crippen molar-refractivity contribution < 1.29 is 14.3 Å². The molecular formula is C17H18ClN3O3. The highest BCUT2D eigenvalue weighted by molar-refractivity contribution is 6.30. The molecule has 0 heterocycles. The molecule has 2 N–H and O–H groups in total. The molecule has 2 rings (SSSR count). The van der Waals surface area contributed by atoms with Crippen LogP contribution in [0, 0.1) is 0 Å². The number of carbonyl (C=O) groups excluding carboxylic acids is 1. The third-order valence-electron chi connectivity index (χ3n) is 2.95. The molecule has 0 spiro atoms. The molecule has 0 radical (unpaired) electrons. The first kappa shape index (κ1) is 17.6. The third kappa shape index (κ3) is 5.17. The van der Waals surface area contributed by atoms with Crippen LogP contribution in [0.25, 0.3) is 0 Å². The highest BCUT2D eigenvalue weighted by Gasteiger charge is 2.04. The zero-order valence-corrected chi connectivity index (χ0v) is 14.1. The normalized spacial score (nSPS) is 10.5. The maximum absolute atomic E-state index is 11.8. The summed E-state index contributed by atoms with van der Waals surface area (Å²) in [7, 11) is 1.56. The molecule has 0 unspecified atom stereocenters. The topological polar surface area (TPSA) is 72.0 Å². The largest absolute Gasteiger partial charge is 0.493 e. The van der Waals surface area contributed by atoms with Crippen LogP contribution in [-0.4, -0.2) is 26.0 Å². The van der Waals surface area contributed by atoms with Gasteiger partial charge in [-0.1, -0.05) is 17.7 Å². The van der Waals surface area contributed by atoms with Crippen LogP contribution in [0.15, 0.2) is 47.6 Å². The lowest BCUT2D eigenvalue weighted by Gasteiger charge is -2.09. The Morgan fingerprint density at radius 2 is 2.08 bits per heavy atom. The number of carbonyl (C=O) groups is 1. The van der Waals surface area contributed by atoms with Crippen molar-refractivity contribution in [1.82, 2.24) is 5.43 Å². The van der Waals surface area contributed by atoms with Gasteiger partial charge < -0.3 is 14.8 Å². The van der Waals surface area contributed by atoms with Gasteiger partial charge in [-0.05, 0) is 48.9 Å². The van der Waals surface area contributed by atoms with Crippen LogP contribution in [0.5, 0.6) is 11.5 Å². The van der Waals surface area contributed by atoms with Crippen molar-refractivity contribution in [2.45, 2.75) is 6.92 Å². The number of amides is 2. The number of methoxy groups -OCH3 is 1. The van der Waals surface area contributed by atoms with Gasteiger partial charge in [0.15, 0.2) is 11.5 Å². The van der Waals surface area contributed by atoms with Crippen molar-refractivity contribution in [3.05, 3.63) is 53.1 Å². The molecule has 2 aromatic rings. The second-order valence-electron chi connectivity index (χ2n) is 4.68. The number of hydrazone groups is 1. The van der Waals surface area contributed by atoms with Crippen LogP contribution in [0.3, 0.4) is 0 Å². The summed E-state index contributed by atoms with van der Waals surface area (Å²) >= 11 is 5.85. The van der Waals surface area contributed by atoms with Crippen molar-refractivity contribution in [3.8, 4) is 11.5 Å². The molecule has 0 bridgehead atoms. The Balaban J connectivity index is 1.94. The van der Waals surface area contributed by atoms with E-state index in [1.54, 1.807) is 43.5 Å². The minimum atomic E-state index is -0.466. The van der Waals surface area contributed by atoms with E-state index in [9.17, 15) is 4.79 Å². The van der Waals surface area contributed by atoms with Crippen molar-refractivity contribution in [2.75, 3.05) is 19.0 Å². The zero-order valence-electron chi connectivity index (χ0n) is 13.4. The lowest BCUT2D eigenvalue weighted by molar-refractivity contribution is 0.252. The SMILES string of the molecule is CCOc1ccc(/C=N\NC(=O)Nc2cccc(Cl)c2)cc1OC. The van der Waals surface area contributed by atoms with Crippen LogP contribution >= 0.6 is 11.6 Å². The minimum absolute atomic E-state index is 0.466. The smallest absolute Gasteiger partial charge is 0.339 e. The molecule has 24 heavy (non-hydrogen) atoms. The molecule has 0 saturated carbocycles. The molecule has 2 amide bonds. The highest BCUT2D eigenvalue weighted by Crippen LogP contribution is 2.27.